The predicted molar refractivity (Wildman–Crippen MR) is 76.8 cm³/mol. The smallest absolute Gasteiger partial charge is 0.310 e. The number of halogens is 2. The van der Waals surface area contributed by atoms with Gasteiger partial charge in [0.15, 0.2) is 0 Å². The van der Waals surface area contributed by atoms with Crippen LogP contribution >= 0.6 is 11.6 Å². The van der Waals surface area contributed by atoms with Crippen LogP contribution in [0.2, 0.25) is 5.02 Å². The van der Waals surface area contributed by atoms with E-state index in [2.05, 4.69) is 5.32 Å². The Morgan fingerprint density at radius 2 is 2.24 bits per heavy atom. The average molecular weight is 315 g/mol. The predicted octanol–water partition coefficient (Wildman–Crippen LogP) is 2.21. The molecule has 1 atom stereocenters. The molecule has 2 N–H and O–H groups in total. The number of carboxylic acid groups (broad SMARTS) is 1. The number of carbonyl (C=O) groups is 2. The zero-order chi connectivity index (χ0) is 15.6. The SMILES string of the molecule is CC1(C(=O)O)CCN(CC(=O)Nc2ccc(Cl)cc2F)C1. The number of carboxylic acids is 1. The van der Waals surface area contributed by atoms with Crippen molar-refractivity contribution in [3.8, 4) is 0 Å². The van der Waals surface area contributed by atoms with Crippen molar-refractivity contribution >= 4 is 29.2 Å². The zero-order valence-corrected chi connectivity index (χ0v) is 12.3. The van der Waals surface area contributed by atoms with Gasteiger partial charge in [-0.3, -0.25) is 14.5 Å². The first-order chi connectivity index (χ1) is 9.80. The summed E-state index contributed by atoms with van der Waals surface area (Å²) in [7, 11) is 0. The molecule has 21 heavy (non-hydrogen) atoms. The van der Waals surface area contributed by atoms with Gasteiger partial charge >= 0.3 is 5.97 Å². The molecule has 7 heteroatoms. The van der Waals surface area contributed by atoms with E-state index in [1.54, 1.807) is 11.8 Å². The van der Waals surface area contributed by atoms with E-state index in [9.17, 15) is 14.0 Å². The number of hydrogen-bond acceptors (Lipinski definition) is 3. The van der Waals surface area contributed by atoms with E-state index in [0.717, 1.165) is 6.07 Å². The van der Waals surface area contributed by atoms with Gasteiger partial charge in [0.2, 0.25) is 5.91 Å². The van der Waals surface area contributed by atoms with Crippen molar-refractivity contribution < 1.29 is 19.1 Å². The first-order valence-corrected chi connectivity index (χ1v) is 6.89. The lowest BCUT2D eigenvalue weighted by Crippen LogP contribution is -2.35. The van der Waals surface area contributed by atoms with Crippen molar-refractivity contribution in [3.63, 3.8) is 0 Å². The van der Waals surface area contributed by atoms with Gasteiger partial charge in [0.25, 0.3) is 0 Å². The molecule has 5 nitrogen and oxygen atoms in total. The van der Waals surface area contributed by atoms with Crippen LogP contribution in [0.25, 0.3) is 0 Å². The molecular formula is C14H16ClFN2O3. The van der Waals surface area contributed by atoms with Crippen LogP contribution in [0.3, 0.4) is 0 Å². The van der Waals surface area contributed by atoms with E-state index in [-0.39, 0.29) is 23.2 Å². The van der Waals surface area contributed by atoms with E-state index < -0.39 is 17.2 Å². The lowest BCUT2D eigenvalue weighted by atomic mass is 9.90. The summed E-state index contributed by atoms with van der Waals surface area (Å²) >= 11 is 5.64. The number of nitrogens with zero attached hydrogens (tertiary/aromatic N) is 1. The third-order valence-corrected chi connectivity index (χ3v) is 3.88. The van der Waals surface area contributed by atoms with Gasteiger partial charge in [-0.15, -0.1) is 0 Å². The molecule has 114 valence electrons. The van der Waals surface area contributed by atoms with Gasteiger partial charge in [-0.1, -0.05) is 11.6 Å². The largest absolute Gasteiger partial charge is 0.481 e. The molecule has 1 fully saturated rings. The molecule has 1 aliphatic rings. The van der Waals surface area contributed by atoms with Crippen LogP contribution in [-0.4, -0.2) is 41.5 Å². The van der Waals surface area contributed by atoms with E-state index in [1.807, 2.05) is 0 Å². The van der Waals surface area contributed by atoms with Crippen molar-refractivity contribution in [2.45, 2.75) is 13.3 Å². The Morgan fingerprint density at radius 1 is 1.52 bits per heavy atom. The Labute approximate surface area is 126 Å². The number of rotatable bonds is 4. The molecule has 1 amide bonds. The maximum atomic E-state index is 13.6. The fourth-order valence-electron chi connectivity index (χ4n) is 2.35. The van der Waals surface area contributed by atoms with Crippen molar-refractivity contribution in [2.75, 3.05) is 25.0 Å². The molecule has 2 rings (SSSR count). The molecule has 1 aromatic carbocycles. The highest BCUT2D eigenvalue weighted by Crippen LogP contribution is 2.29. The van der Waals surface area contributed by atoms with Crippen molar-refractivity contribution in [1.82, 2.24) is 4.90 Å². The Balaban J connectivity index is 1.93. The average Bonchev–Trinajstić information content (AvgIpc) is 2.76. The Bertz CT molecular complexity index is 581. The number of likely N-dealkylation sites (tertiary alicyclic amines) is 1. The Kier molecular flexibility index (Phi) is 4.49. The summed E-state index contributed by atoms with van der Waals surface area (Å²) in [4.78, 5) is 24.8. The number of amides is 1. The molecule has 1 aliphatic heterocycles. The molecule has 0 spiro atoms. The van der Waals surface area contributed by atoms with Gasteiger partial charge in [-0.2, -0.15) is 0 Å². The lowest BCUT2D eigenvalue weighted by molar-refractivity contribution is -0.147. The Hall–Kier alpha value is -1.66. The van der Waals surface area contributed by atoms with Crippen LogP contribution < -0.4 is 5.32 Å². The minimum Gasteiger partial charge on any atom is -0.481 e. The quantitative estimate of drug-likeness (QED) is 0.894. The standard InChI is InChI=1S/C14H16ClFN2O3/c1-14(13(20)21)4-5-18(8-14)7-12(19)17-11-3-2-9(15)6-10(11)16/h2-3,6H,4-5,7-8H2,1H3,(H,17,19)(H,20,21). The molecule has 1 heterocycles. The third kappa shape index (κ3) is 3.71. The highest BCUT2D eigenvalue weighted by molar-refractivity contribution is 6.30. The molecule has 1 aromatic rings. The molecular weight excluding hydrogens is 299 g/mol. The molecule has 0 aliphatic carbocycles. The van der Waals surface area contributed by atoms with Crippen LogP contribution in [0.4, 0.5) is 10.1 Å². The molecule has 0 saturated carbocycles. The maximum absolute atomic E-state index is 13.6. The van der Waals surface area contributed by atoms with Crippen LogP contribution in [-0.2, 0) is 9.59 Å². The summed E-state index contributed by atoms with van der Waals surface area (Å²) < 4.78 is 13.6. The summed E-state index contributed by atoms with van der Waals surface area (Å²) in [5.74, 6) is -1.85. The van der Waals surface area contributed by atoms with Gasteiger partial charge in [0, 0.05) is 11.6 Å². The second-order valence-electron chi connectivity index (χ2n) is 5.50. The van der Waals surface area contributed by atoms with E-state index >= 15 is 0 Å². The fraction of sp³-hybridized carbons (Fsp3) is 0.429. The zero-order valence-electron chi connectivity index (χ0n) is 11.5. The monoisotopic (exact) mass is 314 g/mol. The Morgan fingerprint density at radius 3 is 2.81 bits per heavy atom. The van der Waals surface area contributed by atoms with Crippen molar-refractivity contribution in [1.29, 1.82) is 0 Å². The fourth-order valence-corrected chi connectivity index (χ4v) is 2.51. The van der Waals surface area contributed by atoms with Crippen LogP contribution in [0.15, 0.2) is 18.2 Å². The van der Waals surface area contributed by atoms with E-state index in [0.29, 0.717) is 19.5 Å². The number of carbonyl (C=O) groups excluding carboxylic acids is 1. The normalized spacial score (nSPS) is 22.2. The van der Waals surface area contributed by atoms with Gasteiger partial charge in [-0.25, -0.2) is 4.39 Å². The summed E-state index contributed by atoms with van der Waals surface area (Å²) in [6, 6.07) is 3.99. The molecule has 0 aromatic heterocycles. The van der Waals surface area contributed by atoms with Crippen LogP contribution in [0, 0.1) is 11.2 Å². The molecule has 0 radical (unpaired) electrons. The third-order valence-electron chi connectivity index (χ3n) is 3.64. The molecule has 1 saturated heterocycles. The van der Waals surface area contributed by atoms with Gasteiger partial charge in [0.1, 0.15) is 5.82 Å². The molecule has 1 unspecified atom stereocenters. The van der Waals surface area contributed by atoms with E-state index in [4.69, 9.17) is 16.7 Å². The number of benzene rings is 1. The minimum atomic E-state index is -0.867. The second-order valence-corrected chi connectivity index (χ2v) is 5.94. The maximum Gasteiger partial charge on any atom is 0.310 e. The topological polar surface area (TPSA) is 69.6 Å². The van der Waals surface area contributed by atoms with E-state index in [1.165, 1.54) is 12.1 Å². The lowest BCUT2D eigenvalue weighted by Gasteiger charge is -2.19. The number of aliphatic carboxylic acids is 1. The van der Waals surface area contributed by atoms with Crippen LogP contribution in [0.5, 0.6) is 0 Å². The first kappa shape index (κ1) is 15.7. The summed E-state index contributed by atoms with van der Waals surface area (Å²) in [6.45, 7) is 2.52. The summed E-state index contributed by atoms with van der Waals surface area (Å²) in [5, 5.41) is 11.8. The minimum absolute atomic E-state index is 0.0327. The summed E-state index contributed by atoms with van der Waals surface area (Å²) in [5.41, 5.74) is -0.768. The van der Waals surface area contributed by atoms with Crippen molar-refractivity contribution in [3.05, 3.63) is 29.0 Å². The van der Waals surface area contributed by atoms with Crippen LogP contribution in [0.1, 0.15) is 13.3 Å². The summed E-state index contributed by atoms with van der Waals surface area (Å²) in [6.07, 6.45) is 0.491. The number of hydrogen-bond donors (Lipinski definition) is 2. The highest BCUT2D eigenvalue weighted by Gasteiger charge is 2.40. The highest BCUT2D eigenvalue weighted by atomic mass is 35.5. The molecule has 0 bridgehead atoms. The van der Waals surface area contributed by atoms with Gasteiger partial charge < -0.3 is 10.4 Å². The number of anilines is 1. The van der Waals surface area contributed by atoms with Gasteiger partial charge in [0.05, 0.1) is 17.6 Å². The number of nitrogens with one attached hydrogen (secondary N) is 1. The first-order valence-electron chi connectivity index (χ1n) is 6.51. The van der Waals surface area contributed by atoms with Crippen molar-refractivity contribution in [2.24, 2.45) is 5.41 Å². The van der Waals surface area contributed by atoms with Gasteiger partial charge in [-0.05, 0) is 38.1 Å². The second kappa shape index (κ2) is 5.99.